The molecule has 0 aliphatic heterocycles. The highest BCUT2D eigenvalue weighted by Gasteiger charge is 2.05. The summed E-state index contributed by atoms with van der Waals surface area (Å²) >= 11 is 6.11. The number of halogens is 1. The average molecular weight is 278 g/mol. The molecule has 2 aromatic heterocycles. The molecule has 0 aliphatic rings. The monoisotopic (exact) mass is 277 g/mol. The lowest BCUT2D eigenvalue weighted by Gasteiger charge is -2.08. The van der Waals surface area contributed by atoms with E-state index in [1.54, 1.807) is 18.6 Å². The zero-order chi connectivity index (χ0) is 13.5. The second-order valence-corrected chi connectivity index (χ2v) is 4.49. The van der Waals surface area contributed by atoms with Crippen molar-refractivity contribution in [3.8, 4) is 11.6 Å². The Kier molecular flexibility index (Phi) is 5.12. The fourth-order valence-corrected chi connectivity index (χ4v) is 1.75. The van der Waals surface area contributed by atoms with Crippen molar-refractivity contribution < 1.29 is 4.74 Å². The number of ether oxygens (including phenoxy) is 1. The zero-order valence-corrected chi connectivity index (χ0v) is 11.5. The molecular weight excluding hydrogens is 262 g/mol. The van der Waals surface area contributed by atoms with Crippen molar-refractivity contribution in [1.29, 1.82) is 0 Å². The number of nitrogens with zero attached hydrogens (tertiary/aromatic N) is 2. The Labute approximate surface area is 117 Å². The Hall–Kier alpha value is -1.65. The van der Waals surface area contributed by atoms with Crippen molar-refractivity contribution in [3.05, 3.63) is 47.4 Å². The van der Waals surface area contributed by atoms with Crippen LogP contribution in [0.3, 0.4) is 0 Å². The van der Waals surface area contributed by atoms with E-state index < -0.39 is 0 Å². The smallest absolute Gasteiger partial charge is 0.219 e. The van der Waals surface area contributed by atoms with Gasteiger partial charge in [-0.2, -0.15) is 0 Å². The van der Waals surface area contributed by atoms with Crippen molar-refractivity contribution in [3.63, 3.8) is 0 Å². The minimum absolute atomic E-state index is 0.519. The molecule has 19 heavy (non-hydrogen) atoms. The SMILES string of the molecule is CCCNCc1cc(Oc2cccnc2)ncc1Cl. The molecule has 0 radical (unpaired) electrons. The molecule has 2 aromatic rings. The molecule has 0 spiro atoms. The molecule has 0 saturated carbocycles. The summed E-state index contributed by atoms with van der Waals surface area (Å²) in [6.45, 7) is 3.79. The van der Waals surface area contributed by atoms with Crippen LogP contribution in [0.5, 0.6) is 11.6 Å². The van der Waals surface area contributed by atoms with Crippen LogP contribution in [-0.2, 0) is 6.54 Å². The highest BCUT2D eigenvalue weighted by molar-refractivity contribution is 6.31. The van der Waals surface area contributed by atoms with Crippen LogP contribution < -0.4 is 10.1 Å². The highest BCUT2D eigenvalue weighted by Crippen LogP contribution is 2.23. The number of nitrogens with one attached hydrogen (secondary N) is 1. The lowest BCUT2D eigenvalue weighted by atomic mass is 10.2. The van der Waals surface area contributed by atoms with Crippen LogP contribution in [0.2, 0.25) is 5.02 Å². The lowest BCUT2D eigenvalue weighted by molar-refractivity contribution is 0.459. The summed E-state index contributed by atoms with van der Waals surface area (Å²) in [5.74, 6) is 1.18. The summed E-state index contributed by atoms with van der Waals surface area (Å²) in [7, 11) is 0. The number of hydrogen-bond donors (Lipinski definition) is 1. The summed E-state index contributed by atoms with van der Waals surface area (Å²) in [6.07, 6.45) is 6.03. The number of rotatable bonds is 6. The van der Waals surface area contributed by atoms with Gasteiger partial charge in [-0.15, -0.1) is 0 Å². The molecular formula is C14H16ClN3O. The van der Waals surface area contributed by atoms with E-state index in [9.17, 15) is 0 Å². The van der Waals surface area contributed by atoms with Crippen LogP contribution in [0.1, 0.15) is 18.9 Å². The van der Waals surface area contributed by atoms with Crippen LogP contribution in [0.4, 0.5) is 0 Å². The predicted octanol–water partition coefficient (Wildman–Crippen LogP) is 3.42. The van der Waals surface area contributed by atoms with E-state index in [1.165, 1.54) is 0 Å². The van der Waals surface area contributed by atoms with Crippen molar-refractivity contribution in [1.82, 2.24) is 15.3 Å². The van der Waals surface area contributed by atoms with Crippen LogP contribution >= 0.6 is 11.6 Å². The predicted molar refractivity (Wildman–Crippen MR) is 75.6 cm³/mol. The molecule has 4 nitrogen and oxygen atoms in total. The first-order valence-corrected chi connectivity index (χ1v) is 6.60. The van der Waals surface area contributed by atoms with Gasteiger partial charge < -0.3 is 10.1 Å². The van der Waals surface area contributed by atoms with E-state index in [2.05, 4.69) is 22.2 Å². The first-order chi connectivity index (χ1) is 9.29. The van der Waals surface area contributed by atoms with E-state index in [1.807, 2.05) is 18.2 Å². The van der Waals surface area contributed by atoms with Gasteiger partial charge in [0, 0.05) is 25.0 Å². The van der Waals surface area contributed by atoms with Gasteiger partial charge in [-0.05, 0) is 30.7 Å². The molecule has 2 rings (SSSR count). The summed E-state index contributed by atoms with van der Waals surface area (Å²) in [5.41, 5.74) is 0.976. The molecule has 0 atom stereocenters. The Bertz CT molecular complexity index is 519. The topological polar surface area (TPSA) is 47.0 Å². The van der Waals surface area contributed by atoms with Gasteiger partial charge in [0.05, 0.1) is 11.2 Å². The molecule has 5 heteroatoms. The largest absolute Gasteiger partial charge is 0.437 e. The van der Waals surface area contributed by atoms with Crippen LogP contribution in [0.15, 0.2) is 36.8 Å². The van der Waals surface area contributed by atoms with Crippen LogP contribution in [0.25, 0.3) is 0 Å². The Morgan fingerprint density at radius 3 is 3.00 bits per heavy atom. The van der Waals surface area contributed by atoms with Crippen LogP contribution in [0, 0.1) is 0 Å². The van der Waals surface area contributed by atoms with Gasteiger partial charge >= 0.3 is 0 Å². The summed E-state index contributed by atoms with van der Waals surface area (Å²) < 4.78 is 5.62. The molecule has 2 heterocycles. The number of pyridine rings is 2. The molecule has 0 unspecified atom stereocenters. The van der Waals surface area contributed by atoms with E-state index in [0.29, 0.717) is 23.2 Å². The molecule has 0 aromatic carbocycles. The molecule has 1 N–H and O–H groups in total. The summed E-state index contributed by atoms with van der Waals surface area (Å²) in [6, 6.07) is 5.49. The fraction of sp³-hybridized carbons (Fsp3) is 0.286. The highest BCUT2D eigenvalue weighted by atomic mass is 35.5. The third-order valence-electron chi connectivity index (χ3n) is 2.51. The fourth-order valence-electron chi connectivity index (χ4n) is 1.58. The second kappa shape index (κ2) is 7.07. The van der Waals surface area contributed by atoms with Crippen LogP contribution in [-0.4, -0.2) is 16.5 Å². The Balaban J connectivity index is 2.07. The molecule has 0 aliphatic carbocycles. The minimum Gasteiger partial charge on any atom is -0.437 e. The maximum absolute atomic E-state index is 6.11. The Morgan fingerprint density at radius 1 is 1.37 bits per heavy atom. The van der Waals surface area contributed by atoms with E-state index >= 15 is 0 Å². The van der Waals surface area contributed by atoms with Gasteiger partial charge in [0.15, 0.2) is 0 Å². The molecule has 0 saturated heterocycles. The molecule has 0 amide bonds. The third kappa shape index (κ3) is 4.19. The molecule has 0 fully saturated rings. The third-order valence-corrected chi connectivity index (χ3v) is 2.85. The van der Waals surface area contributed by atoms with Gasteiger partial charge in [-0.3, -0.25) is 4.98 Å². The standard InChI is InChI=1S/C14H16ClN3O/c1-2-5-16-8-11-7-14(18-10-13(11)15)19-12-4-3-6-17-9-12/h3-4,6-7,9-10,16H,2,5,8H2,1H3. The second-order valence-electron chi connectivity index (χ2n) is 4.08. The zero-order valence-electron chi connectivity index (χ0n) is 10.8. The van der Waals surface area contributed by atoms with Crippen molar-refractivity contribution in [2.24, 2.45) is 0 Å². The van der Waals surface area contributed by atoms with Gasteiger partial charge in [0.2, 0.25) is 5.88 Å². The average Bonchev–Trinajstić information content (AvgIpc) is 2.44. The van der Waals surface area contributed by atoms with Gasteiger partial charge in [-0.25, -0.2) is 4.98 Å². The van der Waals surface area contributed by atoms with E-state index in [-0.39, 0.29) is 0 Å². The molecule has 0 bridgehead atoms. The maximum atomic E-state index is 6.11. The summed E-state index contributed by atoms with van der Waals surface area (Å²) in [4.78, 5) is 8.14. The van der Waals surface area contributed by atoms with E-state index in [4.69, 9.17) is 16.3 Å². The van der Waals surface area contributed by atoms with E-state index in [0.717, 1.165) is 18.5 Å². The van der Waals surface area contributed by atoms with Gasteiger partial charge in [0.1, 0.15) is 5.75 Å². The van der Waals surface area contributed by atoms with Gasteiger partial charge in [0.25, 0.3) is 0 Å². The minimum atomic E-state index is 0.519. The Morgan fingerprint density at radius 2 is 2.26 bits per heavy atom. The van der Waals surface area contributed by atoms with Crippen molar-refractivity contribution >= 4 is 11.6 Å². The lowest BCUT2D eigenvalue weighted by Crippen LogP contribution is -2.14. The van der Waals surface area contributed by atoms with Gasteiger partial charge in [-0.1, -0.05) is 18.5 Å². The number of aromatic nitrogens is 2. The van der Waals surface area contributed by atoms with Crippen molar-refractivity contribution in [2.75, 3.05) is 6.54 Å². The quantitative estimate of drug-likeness (QED) is 0.822. The maximum Gasteiger partial charge on any atom is 0.219 e. The summed E-state index contributed by atoms with van der Waals surface area (Å²) in [5, 5.41) is 3.94. The normalized spacial score (nSPS) is 10.4. The first-order valence-electron chi connectivity index (χ1n) is 6.22. The molecule has 100 valence electrons. The number of hydrogen-bond acceptors (Lipinski definition) is 4. The van der Waals surface area contributed by atoms with Crippen molar-refractivity contribution in [2.45, 2.75) is 19.9 Å². The first kappa shape index (κ1) is 13.8.